The third-order valence-electron chi connectivity index (χ3n) is 2.77. The van der Waals surface area contributed by atoms with Crippen molar-refractivity contribution in [1.82, 2.24) is 0 Å². The number of halogens is 2. The summed E-state index contributed by atoms with van der Waals surface area (Å²) < 4.78 is 18.7. The molecule has 0 aliphatic heterocycles. The van der Waals surface area contributed by atoms with Crippen LogP contribution in [0, 0.1) is 15.9 Å². The highest BCUT2D eigenvalue weighted by molar-refractivity contribution is 6.32. The van der Waals surface area contributed by atoms with Gasteiger partial charge in [-0.1, -0.05) is 11.6 Å². The van der Waals surface area contributed by atoms with Crippen LogP contribution in [-0.4, -0.2) is 10.0 Å². The van der Waals surface area contributed by atoms with Crippen LogP contribution in [0.3, 0.4) is 0 Å². The highest BCUT2D eigenvalue weighted by atomic mass is 35.5. The van der Waals surface area contributed by atoms with Gasteiger partial charge in [0.2, 0.25) is 0 Å². The minimum absolute atomic E-state index is 0.0464. The summed E-state index contributed by atoms with van der Waals surface area (Å²) in [6, 6.07) is 7.43. The summed E-state index contributed by atoms with van der Waals surface area (Å²) in [5, 5.41) is 20.3. The number of nitro benzene ring substituents is 1. The lowest BCUT2D eigenvalue weighted by Crippen LogP contribution is -1.98. The number of nitro groups is 1. The molecule has 7 heteroatoms. The van der Waals surface area contributed by atoms with E-state index in [0.29, 0.717) is 0 Å². The van der Waals surface area contributed by atoms with Crippen molar-refractivity contribution in [3.8, 4) is 11.5 Å². The Bertz CT molecular complexity index is 691. The predicted octanol–water partition coefficient (Wildman–Crippen LogP) is 4.23. The van der Waals surface area contributed by atoms with Crippen LogP contribution in [0.2, 0.25) is 5.02 Å². The number of benzene rings is 2. The Kier molecular flexibility index (Phi) is 4.40. The van der Waals surface area contributed by atoms with Crippen LogP contribution in [0.25, 0.3) is 0 Å². The van der Waals surface area contributed by atoms with Gasteiger partial charge in [-0.05, 0) is 31.2 Å². The lowest BCUT2D eigenvalue weighted by molar-refractivity contribution is -0.384. The maximum absolute atomic E-state index is 13.2. The van der Waals surface area contributed by atoms with Gasteiger partial charge in [0.05, 0.1) is 16.0 Å². The zero-order chi connectivity index (χ0) is 15.6. The van der Waals surface area contributed by atoms with Gasteiger partial charge < -0.3 is 9.84 Å². The number of hydrogen-bond donors (Lipinski definition) is 1. The first-order valence-electron chi connectivity index (χ1n) is 5.98. The molecule has 2 aromatic carbocycles. The van der Waals surface area contributed by atoms with Crippen molar-refractivity contribution in [2.75, 3.05) is 0 Å². The second-order valence-corrected chi connectivity index (χ2v) is 4.74. The molecular formula is C14H11ClFNO4. The first kappa shape index (κ1) is 15.2. The van der Waals surface area contributed by atoms with Crippen molar-refractivity contribution in [2.24, 2.45) is 0 Å². The van der Waals surface area contributed by atoms with Crippen LogP contribution in [0.15, 0.2) is 36.4 Å². The molecule has 1 atom stereocenters. The Morgan fingerprint density at radius 1 is 1.29 bits per heavy atom. The third kappa shape index (κ3) is 3.48. The van der Waals surface area contributed by atoms with Crippen LogP contribution < -0.4 is 4.74 Å². The summed E-state index contributed by atoms with van der Waals surface area (Å²) in [7, 11) is 0. The molecule has 0 saturated heterocycles. The van der Waals surface area contributed by atoms with E-state index >= 15 is 0 Å². The van der Waals surface area contributed by atoms with Crippen molar-refractivity contribution < 1.29 is 19.2 Å². The number of ether oxygens (including phenoxy) is 1. The smallest absolute Gasteiger partial charge is 0.271 e. The van der Waals surface area contributed by atoms with Gasteiger partial charge in [0, 0.05) is 17.7 Å². The normalized spacial score (nSPS) is 12.0. The van der Waals surface area contributed by atoms with E-state index in [9.17, 15) is 19.6 Å². The van der Waals surface area contributed by atoms with E-state index in [0.717, 1.165) is 12.1 Å². The molecule has 0 unspecified atom stereocenters. The average molecular weight is 312 g/mol. The van der Waals surface area contributed by atoms with Crippen LogP contribution >= 0.6 is 11.6 Å². The van der Waals surface area contributed by atoms with E-state index in [1.807, 2.05) is 0 Å². The lowest BCUT2D eigenvalue weighted by Gasteiger charge is -2.14. The van der Waals surface area contributed by atoms with Crippen LogP contribution in [0.1, 0.15) is 18.6 Å². The van der Waals surface area contributed by atoms with Crippen molar-refractivity contribution in [2.45, 2.75) is 13.0 Å². The summed E-state index contributed by atoms with van der Waals surface area (Å²) in [6.45, 7) is 1.47. The zero-order valence-corrected chi connectivity index (χ0v) is 11.7. The first-order valence-corrected chi connectivity index (χ1v) is 6.35. The number of non-ortho nitro benzene ring substituents is 1. The number of aliphatic hydroxyl groups is 1. The number of hydrogen-bond acceptors (Lipinski definition) is 4. The number of rotatable bonds is 4. The number of nitrogens with zero attached hydrogens (tertiary/aromatic N) is 1. The zero-order valence-electron chi connectivity index (χ0n) is 10.9. The molecule has 5 nitrogen and oxygen atoms in total. The molecule has 0 amide bonds. The summed E-state index contributed by atoms with van der Waals surface area (Å²) in [6.07, 6.45) is -0.937. The van der Waals surface area contributed by atoms with Gasteiger partial charge in [-0.25, -0.2) is 4.39 Å². The van der Waals surface area contributed by atoms with E-state index in [4.69, 9.17) is 16.3 Å². The van der Waals surface area contributed by atoms with Gasteiger partial charge in [0.25, 0.3) is 5.69 Å². The van der Waals surface area contributed by atoms with Gasteiger partial charge in [-0.3, -0.25) is 10.1 Å². The van der Waals surface area contributed by atoms with Crippen LogP contribution in [0.4, 0.5) is 10.1 Å². The quantitative estimate of drug-likeness (QED) is 0.677. The minimum Gasteiger partial charge on any atom is -0.455 e. The maximum atomic E-state index is 13.2. The molecule has 21 heavy (non-hydrogen) atoms. The Hall–Kier alpha value is -2.18. The maximum Gasteiger partial charge on any atom is 0.271 e. The van der Waals surface area contributed by atoms with Gasteiger partial charge >= 0.3 is 0 Å². The van der Waals surface area contributed by atoms with Crippen LogP contribution in [-0.2, 0) is 0 Å². The van der Waals surface area contributed by atoms with Crippen molar-refractivity contribution >= 4 is 17.3 Å². The molecule has 0 aromatic heterocycles. The molecule has 1 N–H and O–H groups in total. The standard InChI is InChI=1S/C14H11ClFNO4/c1-8(18)11-6-9(16)2-4-13(11)21-14-5-3-10(17(19)20)7-12(14)15/h2-8,18H,1H3/t8-/m1/s1. The summed E-state index contributed by atoms with van der Waals surface area (Å²) in [5.74, 6) is -0.106. The second kappa shape index (κ2) is 6.07. The van der Waals surface area contributed by atoms with Crippen molar-refractivity contribution in [3.05, 3.63) is 62.9 Å². The van der Waals surface area contributed by atoms with Gasteiger partial charge in [-0.2, -0.15) is 0 Å². The fourth-order valence-corrected chi connectivity index (χ4v) is 1.96. The molecule has 2 rings (SSSR count). The van der Waals surface area contributed by atoms with Gasteiger partial charge in [0.1, 0.15) is 17.3 Å². The molecule has 0 fully saturated rings. The SMILES string of the molecule is C[C@@H](O)c1cc(F)ccc1Oc1ccc([N+](=O)[O-])cc1Cl. The van der Waals surface area contributed by atoms with E-state index in [1.165, 1.54) is 31.2 Å². The molecule has 0 saturated carbocycles. The Morgan fingerprint density at radius 3 is 2.52 bits per heavy atom. The minimum atomic E-state index is -0.937. The molecule has 0 spiro atoms. The molecule has 0 radical (unpaired) electrons. The van der Waals surface area contributed by atoms with E-state index in [1.54, 1.807) is 0 Å². The lowest BCUT2D eigenvalue weighted by atomic mass is 10.1. The molecule has 0 heterocycles. The molecule has 2 aromatic rings. The monoisotopic (exact) mass is 311 g/mol. The highest BCUT2D eigenvalue weighted by Gasteiger charge is 2.15. The van der Waals surface area contributed by atoms with Gasteiger partial charge in [0.15, 0.2) is 0 Å². The average Bonchev–Trinajstić information content (AvgIpc) is 2.42. The van der Waals surface area contributed by atoms with E-state index in [2.05, 4.69) is 0 Å². The van der Waals surface area contributed by atoms with E-state index in [-0.39, 0.29) is 27.8 Å². The van der Waals surface area contributed by atoms with Crippen molar-refractivity contribution in [1.29, 1.82) is 0 Å². The summed E-state index contributed by atoms with van der Waals surface area (Å²) >= 11 is 5.92. The Balaban J connectivity index is 2.36. The highest BCUT2D eigenvalue weighted by Crippen LogP contribution is 2.35. The number of aliphatic hydroxyl groups excluding tert-OH is 1. The van der Waals surface area contributed by atoms with Crippen LogP contribution in [0.5, 0.6) is 11.5 Å². The second-order valence-electron chi connectivity index (χ2n) is 4.33. The van der Waals surface area contributed by atoms with Crippen molar-refractivity contribution in [3.63, 3.8) is 0 Å². The molecule has 110 valence electrons. The fourth-order valence-electron chi connectivity index (χ4n) is 1.74. The van der Waals surface area contributed by atoms with Gasteiger partial charge in [-0.15, -0.1) is 0 Å². The molecule has 0 aliphatic rings. The fraction of sp³-hybridized carbons (Fsp3) is 0.143. The third-order valence-corrected chi connectivity index (χ3v) is 3.06. The molecular weight excluding hydrogens is 301 g/mol. The first-order chi connectivity index (χ1) is 9.88. The topological polar surface area (TPSA) is 72.6 Å². The summed E-state index contributed by atoms with van der Waals surface area (Å²) in [5.41, 5.74) is 0.0895. The Labute approximate surface area is 124 Å². The predicted molar refractivity (Wildman–Crippen MR) is 75.2 cm³/mol. The summed E-state index contributed by atoms with van der Waals surface area (Å²) in [4.78, 5) is 10.1. The largest absolute Gasteiger partial charge is 0.455 e. The Morgan fingerprint density at radius 2 is 1.95 bits per heavy atom. The molecule has 0 bridgehead atoms. The molecule has 0 aliphatic carbocycles. The van der Waals surface area contributed by atoms with E-state index < -0.39 is 16.8 Å².